The monoisotopic (exact) mass is 414 g/mol. The zero-order valence-electron chi connectivity index (χ0n) is 14.6. The van der Waals surface area contributed by atoms with Gasteiger partial charge in [0.1, 0.15) is 15.6 Å². The Morgan fingerprint density at radius 1 is 0.857 bits per heavy atom. The number of hydrogen-bond donors (Lipinski definition) is 1. The van der Waals surface area contributed by atoms with E-state index in [4.69, 9.17) is 0 Å². The minimum Gasteiger partial charge on any atom is -0.506 e. The van der Waals surface area contributed by atoms with Crippen LogP contribution in [-0.4, -0.2) is 27.7 Å². The van der Waals surface area contributed by atoms with E-state index in [2.05, 4.69) is 0 Å². The molecule has 0 amide bonds. The normalized spacial score (nSPS) is 21.1. The number of allylic oxidation sites excluding steroid dienone is 4. The predicted octanol–water partition coefficient (Wildman–Crippen LogP) is 3.20. The van der Waals surface area contributed by atoms with Crippen molar-refractivity contribution >= 4 is 31.2 Å². The molecule has 0 bridgehead atoms. The second-order valence-corrected chi connectivity index (χ2v) is 10.2. The van der Waals surface area contributed by atoms with Crippen molar-refractivity contribution in [1.29, 1.82) is 0 Å². The second kappa shape index (κ2) is 6.02. The first-order valence-electron chi connectivity index (χ1n) is 8.22. The fourth-order valence-electron chi connectivity index (χ4n) is 3.28. The van der Waals surface area contributed by atoms with Gasteiger partial charge in [0.15, 0.2) is 0 Å². The molecule has 2 aromatic carbocycles. The van der Waals surface area contributed by atoms with Crippen LogP contribution in [0, 0.1) is 0 Å². The van der Waals surface area contributed by atoms with Gasteiger partial charge in [-0.05, 0) is 48.9 Å². The number of carbonyl (C=O) groups excluding carboxylic acids is 1. The van der Waals surface area contributed by atoms with Gasteiger partial charge >= 0.3 is 0 Å². The van der Waals surface area contributed by atoms with Crippen LogP contribution in [0.3, 0.4) is 0 Å². The van der Waals surface area contributed by atoms with Crippen molar-refractivity contribution in [3.05, 3.63) is 87.2 Å². The molecular formula is C20H14O6S2. The SMILES string of the molecule is CC(=CC1=C(O)c2ccccc2S1(=O)=O)C=C1C(=O)c2ccccc2S1(=O)=O. The quantitative estimate of drug-likeness (QED) is 0.757. The fourth-order valence-corrected chi connectivity index (χ4v) is 6.58. The summed E-state index contributed by atoms with van der Waals surface area (Å²) < 4.78 is 50.6. The minimum atomic E-state index is -3.98. The molecule has 2 heterocycles. The van der Waals surface area contributed by atoms with E-state index in [1.807, 2.05) is 0 Å². The second-order valence-electron chi connectivity index (χ2n) is 6.44. The highest BCUT2D eigenvalue weighted by atomic mass is 32.2. The lowest BCUT2D eigenvalue weighted by atomic mass is 10.1. The molecule has 0 saturated heterocycles. The third-order valence-electron chi connectivity index (χ3n) is 4.61. The van der Waals surface area contributed by atoms with Crippen molar-refractivity contribution in [2.45, 2.75) is 16.7 Å². The number of Topliss-reactive ketones (excluding diaryl/α,β-unsaturated/α-hetero) is 1. The van der Waals surface area contributed by atoms with E-state index in [1.165, 1.54) is 43.3 Å². The van der Waals surface area contributed by atoms with Crippen LogP contribution in [0.4, 0.5) is 0 Å². The Bertz CT molecular complexity index is 1360. The maximum Gasteiger partial charge on any atom is 0.211 e. The van der Waals surface area contributed by atoms with Crippen LogP contribution in [0.5, 0.6) is 0 Å². The van der Waals surface area contributed by atoms with Gasteiger partial charge in [-0.1, -0.05) is 24.3 Å². The van der Waals surface area contributed by atoms with Crippen molar-refractivity contribution < 1.29 is 26.7 Å². The smallest absolute Gasteiger partial charge is 0.211 e. The van der Waals surface area contributed by atoms with Crippen LogP contribution in [-0.2, 0) is 19.7 Å². The Kier molecular flexibility index (Phi) is 3.95. The lowest BCUT2D eigenvalue weighted by Crippen LogP contribution is -2.03. The van der Waals surface area contributed by atoms with Crippen molar-refractivity contribution in [3.63, 3.8) is 0 Å². The molecule has 28 heavy (non-hydrogen) atoms. The average Bonchev–Trinajstić information content (AvgIpc) is 2.98. The first-order valence-corrected chi connectivity index (χ1v) is 11.2. The molecule has 0 unspecified atom stereocenters. The number of fused-ring (bicyclic) bond motifs is 2. The molecule has 0 saturated carbocycles. The van der Waals surface area contributed by atoms with Gasteiger partial charge in [-0.2, -0.15) is 0 Å². The summed E-state index contributed by atoms with van der Waals surface area (Å²) in [4.78, 5) is 11.7. The first-order chi connectivity index (χ1) is 13.2. The zero-order chi connectivity index (χ0) is 20.3. The summed E-state index contributed by atoms with van der Waals surface area (Å²) in [6.45, 7) is 1.47. The van der Waals surface area contributed by atoms with Gasteiger partial charge < -0.3 is 5.11 Å². The summed E-state index contributed by atoms with van der Waals surface area (Å²) in [5.41, 5.74) is 0.480. The molecule has 1 N–H and O–H groups in total. The molecule has 2 aliphatic heterocycles. The predicted molar refractivity (Wildman–Crippen MR) is 103 cm³/mol. The molecule has 6 nitrogen and oxygen atoms in total. The van der Waals surface area contributed by atoms with E-state index in [0.717, 1.165) is 6.08 Å². The number of aliphatic hydroxyl groups is 1. The molecule has 0 radical (unpaired) electrons. The van der Waals surface area contributed by atoms with Gasteiger partial charge in [-0.25, -0.2) is 16.8 Å². The summed E-state index contributed by atoms with van der Waals surface area (Å²) in [7, 11) is -7.91. The number of aliphatic hydroxyl groups excluding tert-OH is 1. The van der Waals surface area contributed by atoms with Crippen LogP contribution in [0.25, 0.3) is 5.76 Å². The highest BCUT2D eigenvalue weighted by Gasteiger charge is 2.39. The van der Waals surface area contributed by atoms with Crippen molar-refractivity contribution in [2.75, 3.05) is 0 Å². The summed E-state index contributed by atoms with van der Waals surface area (Å²) in [5, 5.41) is 10.3. The third kappa shape index (κ3) is 2.49. The highest BCUT2D eigenvalue weighted by molar-refractivity contribution is 7.97. The zero-order valence-corrected chi connectivity index (χ0v) is 16.2. The number of rotatable bonds is 2. The molecule has 142 valence electrons. The Balaban J connectivity index is 1.83. The average molecular weight is 414 g/mol. The first kappa shape index (κ1) is 18.4. The number of carbonyl (C=O) groups is 1. The van der Waals surface area contributed by atoms with Crippen LogP contribution in [0.2, 0.25) is 0 Å². The molecule has 0 atom stereocenters. The van der Waals surface area contributed by atoms with Gasteiger partial charge in [0.25, 0.3) is 0 Å². The summed E-state index contributed by atoms with van der Waals surface area (Å²) >= 11 is 0. The third-order valence-corrected chi connectivity index (χ3v) is 8.25. The Morgan fingerprint density at radius 2 is 1.39 bits per heavy atom. The topological polar surface area (TPSA) is 106 Å². The van der Waals surface area contributed by atoms with Gasteiger partial charge in [0.05, 0.1) is 9.79 Å². The summed E-state index contributed by atoms with van der Waals surface area (Å²) in [5.74, 6) is -1.05. The van der Waals surface area contributed by atoms with Gasteiger partial charge in [-0.15, -0.1) is 0 Å². The summed E-state index contributed by atoms with van der Waals surface area (Å²) in [6.07, 6.45) is 2.31. The van der Waals surface area contributed by atoms with Gasteiger partial charge in [0.2, 0.25) is 25.5 Å². The van der Waals surface area contributed by atoms with Gasteiger partial charge in [-0.3, -0.25) is 4.79 Å². The lowest BCUT2D eigenvalue weighted by molar-refractivity contribution is 0.104. The van der Waals surface area contributed by atoms with E-state index >= 15 is 0 Å². The molecule has 2 aromatic rings. The molecule has 0 aromatic heterocycles. The van der Waals surface area contributed by atoms with Gasteiger partial charge in [0, 0.05) is 11.1 Å². The fraction of sp³-hybridized carbons (Fsp3) is 0.0500. The van der Waals surface area contributed by atoms with Crippen molar-refractivity contribution in [1.82, 2.24) is 0 Å². The maximum atomic E-state index is 12.7. The van der Waals surface area contributed by atoms with Crippen LogP contribution < -0.4 is 0 Å². The van der Waals surface area contributed by atoms with E-state index in [1.54, 1.807) is 18.2 Å². The number of benzene rings is 2. The van der Waals surface area contributed by atoms with Crippen LogP contribution in [0.15, 0.2) is 85.9 Å². The van der Waals surface area contributed by atoms with Crippen LogP contribution in [0.1, 0.15) is 22.8 Å². The Morgan fingerprint density at radius 3 is 1.96 bits per heavy atom. The molecule has 0 fully saturated rings. The minimum absolute atomic E-state index is 0.0174. The largest absolute Gasteiger partial charge is 0.506 e. The van der Waals surface area contributed by atoms with Crippen molar-refractivity contribution in [2.24, 2.45) is 0 Å². The van der Waals surface area contributed by atoms with E-state index in [9.17, 15) is 26.7 Å². The molecule has 0 spiro atoms. The van der Waals surface area contributed by atoms with E-state index in [0.29, 0.717) is 0 Å². The molecule has 0 aliphatic carbocycles. The van der Waals surface area contributed by atoms with E-state index in [-0.39, 0.29) is 31.4 Å². The van der Waals surface area contributed by atoms with E-state index < -0.39 is 36.1 Å². The summed E-state index contributed by atoms with van der Waals surface area (Å²) in [6, 6.07) is 11.9. The van der Waals surface area contributed by atoms with Crippen LogP contribution >= 0.6 is 0 Å². The maximum absolute atomic E-state index is 12.7. The standard InChI is InChI=1S/C20H14O6S2/c1-12(10-17-19(21)13-6-2-4-8-15(13)27(17,23)24)11-18-20(22)14-7-3-5-9-16(14)28(18,25)26/h2-11,21H,1H3. The van der Waals surface area contributed by atoms with Crippen molar-refractivity contribution in [3.8, 4) is 0 Å². The highest BCUT2D eigenvalue weighted by Crippen LogP contribution is 2.39. The Labute approximate surface area is 162 Å². The molecule has 4 rings (SSSR count). The number of sulfone groups is 2. The lowest BCUT2D eigenvalue weighted by Gasteiger charge is -2.01. The number of hydrogen-bond acceptors (Lipinski definition) is 6. The molecule has 2 aliphatic rings. The molecule has 8 heteroatoms. The Hall–Kier alpha value is -2.97. The number of ketones is 1. The molecular weight excluding hydrogens is 400 g/mol.